The normalized spacial score (nSPS) is 14.7. The van der Waals surface area contributed by atoms with Gasteiger partial charge >= 0.3 is 12.4 Å². The molecule has 1 aromatic heterocycles. The summed E-state index contributed by atoms with van der Waals surface area (Å²) in [5.74, 6) is -1.48. The Balaban J connectivity index is 1.78. The molecule has 184 valence electrons. The summed E-state index contributed by atoms with van der Waals surface area (Å²) >= 11 is 0. The highest BCUT2D eigenvalue weighted by atomic mass is 19.4. The third kappa shape index (κ3) is 5.23. The number of fused-ring (bicyclic) bond motifs is 1. The molecule has 1 aliphatic rings. The molecule has 0 saturated heterocycles. The lowest BCUT2D eigenvalue weighted by Gasteiger charge is -2.28. The molecule has 0 unspecified atom stereocenters. The molecule has 4 nitrogen and oxygen atoms in total. The van der Waals surface area contributed by atoms with Crippen LogP contribution in [0.25, 0.3) is 11.1 Å². The van der Waals surface area contributed by atoms with Crippen LogP contribution in [0.15, 0.2) is 54.7 Å². The zero-order valence-corrected chi connectivity index (χ0v) is 17.9. The molecule has 4 rings (SSSR count). The van der Waals surface area contributed by atoms with Crippen molar-refractivity contribution in [2.24, 2.45) is 0 Å². The molecule has 0 aliphatic carbocycles. The van der Waals surface area contributed by atoms with Gasteiger partial charge in [-0.2, -0.15) is 26.3 Å². The van der Waals surface area contributed by atoms with Gasteiger partial charge in [0, 0.05) is 30.4 Å². The Morgan fingerprint density at radius 3 is 2.20 bits per heavy atom. The maximum Gasteiger partial charge on any atom is 0.416 e. The van der Waals surface area contributed by atoms with Crippen molar-refractivity contribution >= 4 is 5.91 Å². The average Bonchev–Trinajstić information content (AvgIpc) is 2.78. The predicted molar refractivity (Wildman–Crippen MR) is 111 cm³/mol. The number of rotatable bonds is 3. The van der Waals surface area contributed by atoms with E-state index >= 15 is 0 Å². The zero-order chi connectivity index (χ0) is 25.4. The molecule has 0 fully saturated rings. The average molecular weight is 498 g/mol. The van der Waals surface area contributed by atoms with Crippen LogP contribution in [0.1, 0.15) is 33.5 Å². The Labute approximate surface area is 195 Å². The number of hydrogen-bond acceptors (Lipinski definition) is 3. The minimum Gasteiger partial charge on any atom is -0.477 e. The molecule has 0 N–H and O–H groups in total. The van der Waals surface area contributed by atoms with E-state index in [1.165, 1.54) is 30.5 Å². The van der Waals surface area contributed by atoms with E-state index in [4.69, 9.17) is 4.74 Å². The van der Waals surface area contributed by atoms with Crippen molar-refractivity contribution in [2.45, 2.75) is 25.3 Å². The van der Waals surface area contributed by atoms with Crippen molar-refractivity contribution in [1.82, 2.24) is 9.88 Å². The molecule has 2 heterocycles. The van der Waals surface area contributed by atoms with Crippen molar-refractivity contribution in [1.29, 1.82) is 0 Å². The fraction of sp³-hybridized carbons (Fsp3) is 0.250. The largest absolute Gasteiger partial charge is 0.477 e. The smallest absolute Gasteiger partial charge is 0.416 e. The zero-order valence-electron chi connectivity index (χ0n) is 17.9. The Kier molecular flexibility index (Phi) is 6.44. The number of aromatic nitrogens is 1. The van der Waals surface area contributed by atoms with Crippen molar-refractivity contribution in [3.8, 4) is 17.0 Å². The Morgan fingerprint density at radius 2 is 1.57 bits per heavy atom. The molecule has 0 bridgehead atoms. The number of nitrogens with zero attached hydrogens (tertiary/aromatic N) is 2. The van der Waals surface area contributed by atoms with Gasteiger partial charge in [-0.15, -0.1) is 0 Å². The number of halogens is 7. The number of amides is 1. The summed E-state index contributed by atoms with van der Waals surface area (Å²) in [6.07, 6.45) is -8.46. The standard InChI is InChI=1S/C24H17F7N2O2/c25-19-5-2-1-4-17(19)18-6-7-32-21-20(18)22(34)33(8-3-9-35-21)13-14-10-15(23(26,27)28)12-16(11-14)24(29,30)31/h1-2,4-7,10-12H,3,8-9,13H2. The van der Waals surface area contributed by atoms with E-state index < -0.39 is 41.7 Å². The highest BCUT2D eigenvalue weighted by Crippen LogP contribution is 2.37. The lowest BCUT2D eigenvalue weighted by molar-refractivity contribution is -0.143. The highest BCUT2D eigenvalue weighted by Gasteiger charge is 2.37. The maximum absolute atomic E-state index is 14.5. The van der Waals surface area contributed by atoms with Crippen LogP contribution in [0, 0.1) is 5.82 Å². The number of benzene rings is 2. The second-order valence-electron chi connectivity index (χ2n) is 7.86. The fourth-order valence-electron chi connectivity index (χ4n) is 3.83. The van der Waals surface area contributed by atoms with Crippen LogP contribution in [-0.2, 0) is 18.9 Å². The van der Waals surface area contributed by atoms with Gasteiger partial charge < -0.3 is 9.64 Å². The topological polar surface area (TPSA) is 42.4 Å². The van der Waals surface area contributed by atoms with Crippen LogP contribution >= 0.6 is 0 Å². The van der Waals surface area contributed by atoms with Crippen molar-refractivity contribution < 1.29 is 40.3 Å². The number of carbonyl (C=O) groups is 1. The van der Waals surface area contributed by atoms with Gasteiger partial charge in [-0.3, -0.25) is 4.79 Å². The minimum atomic E-state index is -5.02. The van der Waals surface area contributed by atoms with E-state index in [2.05, 4.69) is 4.98 Å². The number of pyridine rings is 1. The second kappa shape index (κ2) is 9.20. The quantitative estimate of drug-likeness (QED) is 0.396. The molecule has 35 heavy (non-hydrogen) atoms. The van der Waals surface area contributed by atoms with Crippen LogP contribution in [0.3, 0.4) is 0 Å². The minimum absolute atomic E-state index is 0.0124. The molecule has 2 aromatic carbocycles. The lowest BCUT2D eigenvalue weighted by Crippen LogP contribution is -2.35. The summed E-state index contributed by atoms with van der Waals surface area (Å²) < 4.78 is 99.7. The number of hydrogen-bond donors (Lipinski definition) is 0. The van der Waals surface area contributed by atoms with Gasteiger partial charge in [0.05, 0.1) is 17.7 Å². The molecular formula is C24H17F7N2O2. The summed E-state index contributed by atoms with van der Waals surface area (Å²) in [4.78, 5) is 18.6. The van der Waals surface area contributed by atoms with Gasteiger partial charge in [-0.1, -0.05) is 18.2 Å². The monoisotopic (exact) mass is 498 g/mol. The molecule has 3 aromatic rings. The van der Waals surface area contributed by atoms with Gasteiger partial charge in [0.2, 0.25) is 5.88 Å². The Hall–Kier alpha value is -3.63. The third-order valence-electron chi connectivity index (χ3n) is 5.41. The van der Waals surface area contributed by atoms with E-state index in [0.717, 1.165) is 4.90 Å². The first-order valence-electron chi connectivity index (χ1n) is 10.4. The molecule has 1 aliphatic heterocycles. The van der Waals surface area contributed by atoms with E-state index in [-0.39, 0.29) is 53.8 Å². The summed E-state index contributed by atoms with van der Waals surface area (Å²) in [7, 11) is 0. The molecule has 0 atom stereocenters. The second-order valence-corrected chi connectivity index (χ2v) is 7.86. The summed E-state index contributed by atoms with van der Waals surface area (Å²) in [6.45, 7) is -0.459. The van der Waals surface area contributed by atoms with Crippen molar-refractivity contribution in [3.05, 3.63) is 82.8 Å². The summed E-state index contributed by atoms with van der Waals surface area (Å²) in [6, 6.07) is 8.23. The number of alkyl halides is 6. The Morgan fingerprint density at radius 1 is 0.914 bits per heavy atom. The van der Waals surface area contributed by atoms with Gasteiger partial charge in [-0.05, 0) is 42.3 Å². The van der Waals surface area contributed by atoms with Gasteiger partial charge in [0.15, 0.2) is 0 Å². The highest BCUT2D eigenvalue weighted by molar-refractivity contribution is 6.03. The van der Waals surface area contributed by atoms with Crippen LogP contribution in [0.4, 0.5) is 30.7 Å². The van der Waals surface area contributed by atoms with E-state index in [1.54, 1.807) is 6.07 Å². The fourth-order valence-corrected chi connectivity index (χ4v) is 3.83. The molecule has 1 amide bonds. The summed E-state index contributed by atoms with van der Waals surface area (Å²) in [5.41, 5.74) is -3.20. The van der Waals surface area contributed by atoms with Crippen LogP contribution in [0.5, 0.6) is 5.88 Å². The predicted octanol–water partition coefficient (Wildman–Crippen LogP) is 6.35. The molecule has 0 spiro atoms. The van der Waals surface area contributed by atoms with Crippen molar-refractivity contribution in [2.75, 3.05) is 13.2 Å². The summed E-state index contributed by atoms with van der Waals surface area (Å²) in [5, 5.41) is 0. The molecular weight excluding hydrogens is 481 g/mol. The van der Waals surface area contributed by atoms with E-state index in [1.807, 2.05) is 0 Å². The number of carbonyl (C=O) groups excluding carboxylic acids is 1. The van der Waals surface area contributed by atoms with Gasteiger partial charge in [0.25, 0.3) is 5.91 Å². The first kappa shape index (κ1) is 24.5. The maximum atomic E-state index is 14.5. The van der Waals surface area contributed by atoms with Gasteiger partial charge in [-0.25, -0.2) is 9.37 Å². The van der Waals surface area contributed by atoms with Gasteiger partial charge in [0.1, 0.15) is 11.4 Å². The molecule has 0 saturated carbocycles. The Bertz CT molecular complexity index is 1220. The van der Waals surface area contributed by atoms with Crippen LogP contribution in [-0.4, -0.2) is 28.9 Å². The van der Waals surface area contributed by atoms with Crippen LogP contribution in [0.2, 0.25) is 0 Å². The number of ether oxygens (including phenoxy) is 1. The lowest BCUT2D eigenvalue weighted by atomic mass is 9.98. The van der Waals surface area contributed by atoms with E-state index in [0.29, 0.717) is 12.1 Å². The molecule has 0 radical (unpaired) electrons. The van der Waals surface area contributed by atoms with E-state index in [9.17, 15) is 35.5 Å². The first-order chi connectivity index (χ1) is 16.4. The first-order valence-corrected chi connectivity index (χ1v) is 10.4. The van der Waals surface area contributed by atoms with Crippen LogP contribution < -0.4 is 4.74 Å². The SMILES string of the molecule is O=C1c2c(-c3ccccc3F)ccnc2OCCCN1Cc1cc(C(F)(F)F)cc(C(F)(F)F)c1. The molecule has 11 heteroatoms. The third-order valence-corrected chi connectivity index (χ3v) is 5.41. The van der Waals surface area contributed by atoms with Crippen molar-refractivity contribution in [3.63, 3.8) is 0 Å².